The van der Waals surface area contributed by atoms with Crippen molar-refractivity contribution in [3.8, 4) is 0 Å². The normalized spacial score (nSPS) is 24.4. The van der Waals surface area contributed by atoms with Crippen molar-refractivity contribution in [2.75, 3.05) is 25.4 Å². The Morgan fingerprint density at radius 1 is 1.30 bits per heavy atom. The lowest BCUT2D eigenvalue weighted by atomic mass is 10.2. The molecule has 0 bridgehead atoms. The van der Waals surface area contributed by atoms with Crippen molar-refractivity contribution in [2.24, 2.45) is 0 Å². The Kier molecular flexibility index (Phi) is 6.75. The first-order valence-electron chi connectivity index (χ1n) is 7.22. The Bertz CT molecular complexity index is 421. The van der Waals surface area contributed by atoms with E-state index in [0.29, 0.717) is 6.54 Å². The van der Waals surface area contributed by atoms with Gasteiger partial charge in [-0.3, -0.25) is 4.79 Å². The van der Waals surface area contributed by atoms with Gasteiger partial charge >= 0.3 is 0 Å². The fourth-order valence-electron chi connectivity index (χ4n) is 3.00. The molecule has 5 nitrogen and oxygen atoms in total. The number of hydrogen-bond acceptors (Lipinski definition) is 4. The smallest absolute Gasteiger partial charge is 0.223 e. The molecule has 1 N–H and O–H groups in total. The minimum absolute atomic E-state index is 0. The van der Waals surface area contributed by atoms with Crippen molar-refractivity contribution in [1.82, 2.24) is 10.2 Å². The second-order valence-corrected chi connectivity index (χ2v) is 8.06. The fourth-order valence-corrected chi connectivity index (χ4v) is 4.84. The molecule has 118 valence electrons. The summed E-state index contributed by atoms with van der Waals surface area (Å²) in [5, 5.41) is 3.03. The van der Waals surface area contributed by atoms with E-state index < -0.39 is 9.84 Å². The number of nitrogens with one attached hydrogen (secondary N) is 1. The quantitative estimate of drug-likeness (QED) is 0.837. The third-order valence-corrected chi connectivity index (χ3v) is 6.49. The molecule has 0 aromatic rings. The van der Waals surface area contributed by atoms with Crippen molar-refractivity contribution >= 4 is 28.2 Å². The van der Waals surface area contributed by atoms with Gasteiger partial charge in [0.15, 0.2) is 9.84 Å². The third-order valence-electron chi connectivity index (χ3n) is 4.23. The summed E-state index contributed by atoms with van der Waals surface area (Å²) in [5.41, 5.74) is 0. The zero-order valence-electron chi connectivity index (χ0n) is 12.0. The molecule has 0 spiro atoms. The molecule has 7 heteroatoms. The molecule has 1 saturated carbocycles. The van der Waals surface area contributed by atoms with Gasteiger partial charge in [-0.1, -0.05) is 12.8 Å². The van der Waals surface area contributed by atoms with Crippen LogP contribution in [-0.2, 0) is 14.6 Å². The monoisotopic (exact) mass is 324 g/mol. The molecule has 2 fully saturated rings. The van der Waals surface area contributed by atoms with Crippen molar-refractivity contribution in [2.45, 2.75) is 50.3 Å². The van der Waals surface area contributed by atoms with E-state index in [4.69, 9.17) is 0 Å². The zero-order chi connectivity index (χ0) is 13.9. The number of hydrogen-bond donors (Lipinski definition) is 1. The minimum Gasteiger partial charge on any atom is -0.337 e. The van der Waals surface area contributed by atoms with Crippen LogP contribution in [0.25, 0.3) is 0 Å². The van der Waals surface area contributed by atoms with Gasteiger partial charge in [0.25, 0.3) is 0 Å². The number of piperazine rings is 1. The van der Waals surface area contributed by atoms with Crippen LogP contribution in [0.5, 0.6) is 0 Å². The van der Waals surface area contributed by atoms with Crippen molar-refractivity contribution in [3.05, 3.63) is 0 Å². The van der Waals surface area contributed by atoms with E-state index >= 15 is 0 Å². The fraction of sp³-hybridized carbons (Fsp3) is 0.923. The van der Waals surface area contributed by atoms with Crippen molar-refractivity contribution in [1.29, 1.82) is 0 Å². The maximum absolute atomic E-state index is 12.1. The Morgan fingerprint density at radius 2 is 1.95 bits per heavy atom. The van der Waals surface area contributed by atoms with Gasteiger partial charge in [-0.25, -0.2) is 8.42 Å². The highest BCUT2D eigenvalue weighted by atomic mass is 35.5. The van der Waals surface area contributed by atoms with Gasteiger partial charge in [0.1, 0.15) is 0 Å². The van der Waals surface area contributed by atoms with Gasteiger partial charge in [0.05, 0.1) is 11.0 Å². The largest absolute Gasteiger partial charge is 0.337 e. The van der Waals surface area contributed by atoms with E-state index in [1.54, 1.807) is 4.90 Å². The number of amides is 1. The molecule has 1 aliphatic carbocycles. The summed E-state index contributed by atoms with van der Waals surface area (Å²) in [6.45, 7) is 4.27. The number of carbonyl (C=O) groups is 1. The molecule has 1 aliphatic heterocycles. The molecule has 1 saturated heterocycles. The molecule has 2 rings (SSSR count). The summed E-state index contributed by atoms with van der Waals surface area (Å²) >= 11 is 0. The molecule has 1 atom stereocenters. The summed E-state index contributed by atoms with van der Waals surface area (Å²) in [5.74, 6) is 0.00299. The van der Waals surface area contributed by atoms with Crippen molar-refractivity contribution in [3.63, 3.8) is 0 Å². The third kappa shape index (κ3) is 4.33. The number of sulfone groups is 1. The van der Waals surface area contributed by atoms with Crippen molar-refractivity contribution < 1.29 is 13.2 Å². The molecule has 0 aromatic heterocycles. The minimum atomic E-state index is -3.07. The van der Waals surface area contributed by atoms with Gasteiger partial charge in [0, 0.05) is 32.1 Å². The summed E-state index contributed by atoms with van der Waals surface area (Å²) in [6.07, 6.45) is 3.71. The highest BCUT2D eigenvalue weighted by Crippen LogP contribution is 2.25. The van der Waals surface area contributed by atoms with Crippen LogP contribution in [0.15, 0.2) is 0 Å². The molecule has 2 aliphatic rings. The maximum atomic E-state index is 12.1. The topological polar surface area (TPSA) is 66.5 Å². The second-order valence-electron chi connectivity index (χ2n) is 5.66. The Labute approximate surface area is 127 Å². The van der Waals surface area contributed by atoms with E-state index in [-0.39, 0.29) is 41.8 Å². The number of rotatable bonds is 4. The molecule has 0 radical (unpaired) electrons. The maximum Gasteiger partial charge on any atom is 0.223 e. The van der Waals surface area contributed by atoms with Gasteiger partial charge in [-0.15, -0.1) is 12.4 Å². The van der Waals surface area contributed by atoms with Crippen LogP contribution >= 0.6 is 12.4 Å². The molecule has 1 unspecified atom stereocenters. The summed E-state index contributed by atoms with van der Waals surface area (Å²) in [6, 6.07) is 0.162. The Morgan fingerprint density at radius 3 is 2.55 bits per heavy atom. The van der Waals surface area contributed by atoms with Gasteiger partial charge in [-0.2, -0.15) is 0 Å². The lowest BCUT2D eigenvalue weighted by Crippen LogP contribution is -2.52. The lowest BCUT2D eigenvalue weighted by molar-refractivity contribution is -0.133. The lowest BCUT2D eigenvalue weighted by Gasteiger charge is -2.34. The van der Waals surface area contributed by atoms with E-state index in [2.05, 4.69) is 5.32 Å². The summed E-state index contributed by atoms with van der Waals surface area (Å²) in [7, 11) is -3.07. The van der Waals surface area contributed by atoms with Crippen LogP contribution in [0.1, 0.15) is 39.0 Å². The average molecular weight is 325 g/mol. The molecule has 1 heterocycles. The average Bonchev–Trinajstić information content (AvgIpc) is 2.91. The number of nitrogens with zero attached hydrogens (tertiary/aromatic N) is 1. The molecular formula is C13H25ClN2O3S. The first kappa shape index (κ1) is 17.7. The van der Waals surface area contributed by atoms with Gasteiger partial charge in [0.2, 0.25) is 5.91 Å². The molecule has 1 amide bonds. The van der Waals surface area contributed by atoms with Crippen LogP contribution < -0.4 is 5.32 Å². The highest BCUT2D eigenvalue weighted by Gasteiger charge is 2.30. The first-order valence-corrected chi connectivity index (χ1v) is 8.94. The summed E-state index contributed by atoms with van der Waals surface area (Å²) < 4.78 is 24.2. The van der Waals surface area contributed by atoms with E-state index in [1.165, 1.54) is 0 Å². The van der Waals surface area contributed by atoms with Gasteiger partial charge in [-0.05, 0) is 19.8 Å². The van der Waals surface area contributed by atoms with Crippen LogP contribution in [0.2, 0.25) is 0 Å². The van der Waals surface area contributed by atoms with Gasteiger partial charge < -0.3 is 10.2 Å². The SMILES string of the molecule is CC1CNCCN1C(=O)CCS(=O)(=O)C1CCCC1.Cl. The summed E-state index contributed by atoms with van der Waals surface area (Å²) in [4.78, 5) is 13.9. The van der Waals surface area contributed by atoms with Crippen LogP contribution in [0.4, 0.5) is 0 Å². The van der Waals surface area contributed by atoms with Crippen LogP contribution in [-0.4, -0.2) is 55.9 Å². The Balaban J connectivity index is 0.00000200. The van der Waals surface area contributed by atoms with Crippen LogP contribution in [0.3, 0.4) is 0 Å². The number of carbonyl (C=O) groups excluding carboxylic acids is 1. The molecule has 20 heavy (non-hydrogen) atoms. The van der Waals surface area contributed by atoms with E-state index in [9.17, 15) is 13.2 Å². The molecule has 0 aromatic carbocycles. The van der Waals surface area contributed by atoms with Crippen LogP contribution in [0, 0.1) is 0 Å². The standard InChI is InChI=1S/C13H24N2O3S.ClH/c1-11-10-14-7-8-15(11)13(16)6-9-19(17,18)12-4-2-3-5-12;/h11-12,14H,2-10H2,1H3;1H. The highest BCUT2D eigenvalue weighted by molar-refractivity contribution is 7.92. The predicted octanol–water partition coefficient (Wildman–Crippen LogP) is 0.976. The Hall–Kier alpha value is -0.330. The zero-order valence-corrected chi connectivity index (χ0v) is 13.6. The molecular weight excluding hydrogens is 300 g/mol. The predicted molar refractivity (Wildman–Crippen MR) is 82.0 cm³/mol. The van der Waals surface area contributed by atoms with E-state index in [0.717, 1.165) is 38.8 Å². The second kappa shape index (κ2) is 7.61. The first-order chi connectivity index (χ1) is 9.00. The van der Waals surface area contributed by atoms with E-state index in [1.807, 2.05) is 6.92 Å². The number of halogens is 1.